The molecule has 0 heterocycles. The van der Waals surface area contributed by atoms with Gasteiger partial charge in [0, 0.05) is 12.5 Å². The molecule has 1 aliphatic rings. The summed E-state index contributed by atoms with van der Waals surface area (Å²) in [5.41, 5.74) is 5.07. The van der Waals surface area contributed by atoms with Gasteiger partial charge in [-0.1, -0.05) is 13.3 Å². The van der Waals surface area contributed by atoms with Gasteiger partial charge in [-0.2, -0.15) is 0 Å². The molecule has 3 nitrogen and oxygen atoms in total. The first-order chi connectivity index (χ1) is 7.22. The number of hydrogen-bond acceptors (Lipinski definition) is 2. The Labute approximate surface area is 92.8 Å². The van der Waals surface area contributed by atoms with Crippen molar-refractivity contribution in [1.82, 2.24) is 5.32 Å². The van der Waals surface area contributed by atoms with Crippen LogP contribution in [-0.4, -0.2) is 18.5 Å². The Kier molecular flexibility index (Phi) is 5.69. The molecule has 15 heavy (non-hydrogen) atoms. The van der Waals surface area contributed by atoms with Gasteiger partial charge in [0.25, 0.3) is 0 Å². The normalized spacial score (nSPS) is 25.7. The molecule has 88 valence electrons. The Morgan fingerprint density at radius 3 is 2.80 bits per heavy atom. The lowest BCUT2D eigenvalue weighted by Gasteiger charge is -2.12. The zero-order chi connectivity index (χ0) is 11.1. The van der Waals surface area contributed by atoms with Crippen molar-refractivity contribution in [3.05, 3.63) is 0 Å². The van der Waals surface area contributed by atoms with Crippen molar-refractivity contribution in [2.24, 2.45) is 11.7 Å². The van der Waals surface area contributed by atoms with Crippen LogP contribution in [0.4, 0.5) is 0 Å². The predicted molar refractivity (Wildman–Crippen MR) is 62.5 cm³/mol. The largest absolute Gasteiger partial charge is 0.370 e. The van der Waals surface area contributed by atoms with Crippen molar-refractivity contribution >= 4 is 5.91 Å². The molecule has 0 spiro atoms. The van der Waals surface area contributed by atoms with Gasteiger partial charge >= 0.3 is 0 Å². The smallest absolute Gasteiger partial charge is 0.217 e. The minimum Gasteiger partial charge on any atom is -0.370 e. The van der Waals surface area contributed by atoms with Crippen molar-refractivity contribution in [2.45, 2.75) is 57.9 Å². The van der Waals surface area contributed by atoms with Crippen LogP contribution >= 0.6 is 0 Å². The Bertz CT molecular complexity index is 194. The van der Waals surface area contributed by atoms with Crippen LogP contribution in [0.1, 0.15) is 51.9 Å². The zero-order valence-electron chi connectivity index (χ0n) is 9.80. The topological polar surface area (TPSA) is 55.1 Å². The van der Waals surface area contributed by atoms with Gasteiger partial charge in [0.1, 0.15) is 0 Å². The summed E-state index contributed by atoms with van der Waals surface area (Å²) in [5.74, 6) is 0.759. The van der Waals surface area contributed by atoms with Crippen LogP contribution in [0, 0.1) is 5.92 Å². The molecular formula is C12H24N2O. The zero-order valence-corrected chi connectivity index (χ0v) is 9.80. The number of carbonyl (C=O) groups excluding carboxylic acids is 1. The van der Waals surface area contributed by atoms with Gasteiger partial charge in [-0.3, -0.25) is 4.79 Å². The number of amides is 1. The fraction of sp³-hybridized carbons (Fsp3) is 0.917. The van der Waals surface area contributed by atoms with Crippen LogP contribution in [0.5, 0.6) is 0 Å². The Morgan fingerprint density at radius 1 is 1.40 bits per heavy atom. The molecular weight excluding hydrogens is 188 g/mol. The molecule has 1 saturated carbocycles. The van der Waals surface area contributed by atoms with Crippen molar-refractivity contribution in [1.29, 1.82) is 0 Å². The SMILES string of the molecule is CCC1CCC(NCCCCC(N)=O)C1. The first kappa shape index (κ1) is 12.5. The maximum atomic E-state index is 10.5. The average molecular weight is 212 g/mol. The summed E-state index contributed by atoms with van der Waals surface area (Å²) < 4.78 is 0. The molecule has 2 unspecified atom stereocenters. The molecule has 0 saturated heterocycles. The van der Waals surface area contributed by atoms with Gasteiger partial charge in [-0.15, -0.1) is 0 Å². The number of nitrogens with one attached hydrogen (secondary N) is 1. The molecule has 1 amide bonds. The molecule has 3 heteroatoms. The molecule has 0 aliphatic heterocycles. The quantitative estimate of drug-likeness (QED) is 0.632. The summed E-state index contributed by atoms with van der Waals surface area (Å²) in [6, 6.07) is 0.725. The van der Waals surface area contributed by atoms with Gasteiger partial charge in [-0.05, 0) is 44.6 Å². The van der Waals surface area contributed by atoms with Crippen molar-refractivity contribution in [2.75, 3.05) is 6.54 Å². The molecule has 0 aromatic carbocycles. The molecule has 1 fully saturated rings. The van der Waals surface area contributed by atoms with Crippen LogP contribution in [0.25, 0.3) is 0 Å². The van der Waals surface area contributed by atoms with Crippen molar-refractivity contribution in [3.8, 4) is 0 Å². The molecule has 2 atom stereocenters. The number of nitrogens with two attached hydrogens (primary N) is 1. The second-order valence-corrected chi connectivity index (χ2v) is 4.66. The predicted octanol–water partition coefficient (Wildman–Crippen LogP) is 1.81. The number of hydrogen-bond donors (Lipinski definition) is 2. The summed E-state index contributed by atoms with van der Waals surface area (Å²) in [6.45, 7) is 3.31. The van der Waals surface area contributed by atoms with E-state index in [0.29, 0.717) is 6.42 Å². The molecule has 0 aromatic heterocycles. The van der Waals surface area contributed by atoms with Crippen LogP contribution in [0.3, 0.4) is 0 Å². The summed E-state index contributed by atoms with van der Waals surface area (Å²) in [6.07, 6.45) is 7.89. The third kappa shape index (κ3) is 5.17. The first-order valence-electron chi connectivity index (χ1n) is 6.24. The van der Waals surface area contributed by atoms with E-state index in [-0.39, 0.29) is 5.91 Å². The van der Waals surface area contributed by atoms with E-state index in [1.54, 1.807) is 0 Å². The van der Waals surface area contributed by atoms with Crippen molar-refractivity contribution < 1.29 is 4.79 Å². The summed E-state index contributed by atoms with van der Waals surface area (Å²) >= 11 is 0. The average Bonchev–Trinajstić information content (AvgIpc) is 2.65. The van der Waals surface area contributed by atoms with E-state index in [0.717, 1.165) is 31.3 Å². The van der Waals surface area contributed by atoms with E-state index in [2.05, 4.69) is 12.2 Å². The second kappa shape index (κ2) is 6.83. The lowest BCUT2D eigenvalue weighted by atomic mass is 10.1. The van der Waals surface area contributed by atoms with Gasteiger partial charge < -0.3 is 11.1 Å². The maximum absolute atomic E-state index is 10.5. The second-order valence-electron chi connectivity index (χ2n) is 4.66. The lowest BCUT2D eigenvalue weighted by molar-refractivity contribution is -0.118. The van der Waals surface area contributed by atoms with Crippen LogP contribution < -0.4 is 11.1 Å². The van der Waals surface area contributed by atoms with E-state index in [1.165, 1.54) is 25.7 Å². The number of primary amides is 1. The molecule has 0 bridgehead atoms. The molecule has 3 N–H and O–H groups in total. The lowest BCUT2D eigenvalue weighted by Crippen LogP contribution is -2.27. The monoisotopic (exact) mass is 212 g/mol. The van der Waals surface area contributed by atoms with E-state index in [1.807, 2.05) is 0 Å². The maximum Gasteiger partial charge on any atom is 0.217 e. The van der Waals surface area contributed by atoms with E-state index in [9.17, 15) is 4.79 Å². The van der Waals surface area contributed by atoms with E-state index < -0.39 is 0 Å². The third-order valence-electron chi connectivity index (χ3n) is 3.40. The van der Waals surface area contributed by atoms with Gasteiger partial charge in [-0.25, -0.2) is 0 Å². The first-order valence-corrected chi connectivity index (χ1v) is 6.24. The summed E-state index contributed by atoms with van der Waals surface area (Å²) in [7, 11) is 0. The summed E-state index contributed by atoms with van der Waals surface area (Å²) in [4.78, 5) is 10.5. The van der Waals surface area contributed by atoms with Crippen molar-refractivity contribution in [3.63, 3.8) is 0 Å². The Hall–Kier alpha value is -0.570. The highest BCUT2D eigenvalue weighted by molar-refractivity contribution is 5.73. The highest BCUT2D eigenvalue weighted by Crippen LogP contribution is 2.27. The minimum atomic E-state index is -0.179. The molecule has 1 rings (SSSR count). The van der Waals surface area contributed by atoms with Crippen LogP contribution in [0.2, 0.25) is 0 Å². The van der Waals surface area contributed by atoms with Gasteiger partial charge in [0.15, 0.2) is 0 Å². The van der Waals surface area contributed by atoms with E-state index in [4.69, 9.17) is 5.73 Å². The Morgan fingerprint density at radius 2 is 2.20 bits per heavy atom. The van der Waals surface area contributed by atoms with E-state index >= 15 is 0 Å². The molecule has 0 radical (unpaired) electrons. The highest BCUT2D eigenvalue weighted by Gasteiger charge is 2.22. The van der Waals surface area contributed by atoms with Crippen LogP contribution in [0.15, 0.2) is 0 Å². The third-order valence-corrected chi connectivity index (χ3v) is 3.40. The minimum absolute atomic E-state index is 0.179. The number of carbonyl (C=O) groups is 1. The molecule has 1 aliphatic carbocycles. The Balaban J connectivity index is 1.94. The molecule has 0 aromatic rings. The highest BCUT2D eigenvalue weighted by atomic mass is 16.1. The van der Waals surface area contributed by atoms with Gasteiger partial charge in [0.2, 0.25) is 5.91 Å². The summed E-state index contributed by atoms with van der Waals surface area (Å²) in [5, 5.41) is 3.57. The van der Waals surface area contributed by atoms with Crippen LogP contribution in [-0.2, 0) is 4.79 Å². The fourth-order valence-electron chi connectivity index (χ4n) is 2.36. The fourth-order valence-corrected chi connectivity index (χ4v) is 2.36. The number of rotatable bonds is 7. The number of unbranched alkanes of at least 4 members (excludes halogenated alkanes) is 1. The standard InChI is InChI=1S/C12H24N2O/c1-2-10-6-7-11(9-10)14-8-4-3-5-12(13)15/h10-11,14H,2-9H2,1H3,(H2,13,15). The van der Waals surface area contributed by atoms with Gasteiger partial charge in [0.05, 0.1) is 0 Å².